The van der Waals surface area contributed by atoms with Crippen LogP contribution in [0.2, 0.25) is 0 Å². The molecule has 2 aromatic rings. The van der Waals surface area contributed by atoms with E-state index in [0.717, 1.165) is 10.0 Å². The Morgan fingerprint density at radius 3 is 2.69 bits per heavy atom. The molecule has 2 aliphatic rings. The number of Topliss-reactive ketones (excluding diaryl/α,β-unsaturated/α-hetero) is 1. The average molecular weight is 417 g/mol. The van der Waals surface area contributed by atoms with Crippen molar-refractivity contribution in [2.24, 2.45) is 0 Å². The van der Waals surface area contributed by atoms with Gasteiger partial charge in [-0.05, 0) is 42.0 Å². The maximum Gasteiger partial charge on any atom is 0.203 e. The van der Waals surface area contributed by atoms with Crippen molar-refractivity contribution in [2.75, 3.05) is 26.9 Å². The quantitative estimate of drug-likeness (QED) is 0.683. The molecule has 2 heterocycles. The van der Waals surface area contributed by atoms with Gasteiger partial charge in [0.25, 0.3) is 0 Å². The van der Waals surface area contributed by atoms with Gasteiger partial charge in [0.15, 0.2) is 17.3 Å². The van der Waals surface area contributed by atoms with Crippen LogP contribution in [0.4, 0.5) is 0 Å². The van der Waals surface area contributed by atoms with Gasteiger partial charge >= 0.3 is 0 Å². The summed E-state index contributed by atoms with van der Waals surface area (Å²) in [5.74, 6) is 2.40. The highest BCUT2D eigenvalue weighted by molar-refractivity contribution is 9.10. The molecule has 0 atom stereocenters. The minimum Gasteiger partial charge on any atom is -0.493 e. The summed E-state index contributed by atoms with van der Waals surface area (Å²) in [4.78, 5) is 12.9. The SMILES string of the molecule is COc1cc(/C=C2\CCOc3cc(Br)ccc3C2=O)cc2c1OCCO2. The Labute approximate surface area is 159 Å². The number of carbonyl (C=O) groups is 1. The van der Waals surface area contributed by atoms with E-state index in [1.165, 1.54) is 0 Å². The number of rotatable bonds is 2. The maximum atomic E-state index is 12.9. The molecule has 0 aliphatic carbocycles. The molecule has 0 saturated carbocycles. The van der Waals surface area contributed by atoms with Gasteiger partial charge in [0, 0.05) is 16.5 Å². The molecule has 2 aromatic carbocycles. The lowest BCUT2D eigenvalue weighted by atomic mass is 9.98. The summed E-state index contributed by atoms with van der Waals surface area (Å²) in [5.41, 5.74) is 2.08. The second kappa shape index (κ2) is 7.03. The van der Waals surface area contributed by atoms with Gasteiger partial charge in [-0.2, -0.15) is 0 Å². The molecule has 0 radical (unpaired) electrons. The van der Waals surface area contributed by atoms with Gasteiger partial charge in [-0.15, -0.1) is 0 Å². The fourth-order valence-corrected chi connectivity index (χ4v) is 3.42. The fourth-order valence-electron chi connectivity index (χ4n) is 3.08. The standard InChI is InChI=1S/C20H17BrO5/c1-23-17-9-12(10-18-20(17)26-7-6-25-18)8-13-4-5-24-16-11-14(21)2-3-15(16)19(13)22/h2-3,8-11H,4-7H2,1H3/b13-8+. The molecule has 5 nitrogen and oxygen atoms in total. The Morgan fingerprint density at radius 2 is 1.85 bits per heavy atom. The summed E-state index contributed by atoms with van der Waals surface area (Å²) in [5, 5.41) is 0. The second-order valence-electron chi connectivity index (χ2n) is 5.98. The summed E-state index contributed by atoms with van der Waals surface area (Å²) in [6.07, 6.45) is 2.39. The number of fused-ring (bicyclic) bond motifs is 2. The monoisotopic (exact) mass is 416 g/mol. The Bertz CT molecular complexity index is 886. The molecule has 0 fully saturated rings. The van der Waals surface area contributed by atoms with E-state index in [9.17, 15) is 4.79 Å². The van der Waals surface area contributed by atoms with E-state index in [1.807, 2.05) is 30.3 Å². The van der Waals surface area contributed by atoms with Gasteiger partial charge in [0.2, 0.25) is 5.75 Å². The first-order valence-corrected chi connectivity index (χ1v) is 9.10. The van der Waals surface area contributed by atoms with Gasteiger partial charge in [0.1, 0.15) is 19.0 Å². The normalized spacial score (nSPS) is 17.3. The highest BCUT2D eigenvalue weighted by atomic mass is 79.9. The molecule has 0 unspecified atom stereocenters. The van der Waals surface area contributed by atoms with Crippen LogP contribution in [0.3, 0.4) is 0 Å². The van der Waals surface area contributed by atoms with E-state index >= 15 is 0 Å². The molecule has 0 amide bonds. The molecule has 134 valence electrons. The number of ether oxygens (including phenoxy) is 4. The van der Waals surface area contributed by atoms with Gasteiger partial charge in [-0.3, -0.25) is 4.79 Å². The van der Waals surface area contributed by atoms with Crippen molar-refractivity contribution < 1.29 is 23.7 Å². The number of carbonyl (C=O) groups excluding carboxylic acids is 1. The van der Waals surface area contributed by atoms with Crippen LogP contribution in [0, 0.1) is 0 Å². The zero-order valence-corrected chi connectivity index (χ0v) is 15.8. The van der Waals surface area contributed by atoms with Crippen LogP contribution in [0.5, 0.6) is 23.0 Å². The first-order valence-electron chi connectivity index (χ1n) is 8.31. The predicted molar refractivity (Wildman–Crippen MR) is 101 cm³/mol. The van der Waals surface area contributed by atoms with Gasteiger partial charge in [-0.25, -0.2) is 0 Å². The minimum atomic E-state index is -0.0288. The van der Waals surface area contributed by atoms with Crippen LogP contribution < -0.4 is 18.9 Å². The Kier molecular flexibility index (Phi) is 4.59. The summed E-state index contributed by atoms with van der Waals surface area (Å²) in [6.45, 7) is 1.43. The maximum absolute atomic E-state index is 12.9. The zero-order valence-electron chi connectivity index (χ0n) is 14.2. The molecule has 4 rings (SSSR count). The molecule has 6 heteroatoms. The Morgan fingerprint density at radius 1 is 1.04 bits per heavy atom. The first kappa shape index (κ1) is 17.0. The molecule has 2 aliphatic heterocycles. The molecular weight excluding hydrogens is 400 g/mol. The van der Waals surface area contributed by atoms with Crippen molar-refractivity contribution in [3.8, 4) is 23.0 Å². The summed E-state index contributed by atoms with van der Waals surface area (Å²) in [7, 11) is 1.59. The zero-order chi connectivity index (χ0) is 18.1. The smallest absolute Gasteiger partial charge is 0.203 e. The van der Waals surface area contributed by atoms with Crippen molar-refractivity contribution in [3.63, 3.8) is 0 Å². The number of halogens is 1. The largest absolute Gasteiger partial charge is 0.493 e. The molecule has 0 bridgehead atoms. The molecule has 26 heavy (non-hydrogen) atoms. The van der Waals surface area contributed by atoms with Crippen molar-refractivity contribution in [2.45, 2.75) is 6.42 Å². The predicted octanol–water partition coefficient (Wildman–Crippen LogP) is 4.28. The average Bonchev–Trinajstić information content (AvgIpc) is 2.80. The van der Waals surface area contributed by atoms with Crippen LogP contribution in [0.1, 0.15) is 22.3 Å². The second-order valence-corrected chi connectivity index (χ2v) is 6.90. The summed E-state index contributed by atoms with van der Waals surface area (Å²) < 4.78 is 23.3. The van der Waals surface area contributed by atoms with Gasteiger partial charge < -0.3 is 18.9 Å². The van der Waals surface area contributed by atoms with Gasteiger partial charge in [0.05, 0.1) is 19.3 Å². The van der Waals surface area contributed by atoms with E-state index in [-0.39, 0.29) is 5.78 Å². The lowest BCUT2D eigenvalue weighted by molar-refractivity contribution is 0.103. The van der Waals surface area contributed by atoms with Crippen LogP contribution in [0.15, 0.2) is 40.4 Å². The number of benzene rings is 2. The fraction of sp³-hybridized carbons (Fsp3) is 0.250. The number of ketones is 1. The Balaban J connectivity index is 1.74. The van der Waals surface area contributed by atoms with E-state index in [1.54, 1.807) is 13.2 Å². The third-order valence-electron chi connectivity index (χ3n) is 4.30. The third-order valence-corrected chi connectivity index (χ3v) is 4.79. The van der Waals surface area contributed by atoms with E-state index in [4.69, 9.17) is 18.9 Å². The first-order chi connectivity index (χ1) is 12.7. The lowest BCUT2D eigenvalue weighted by Gasteiger charge is -2.21. The molecule has 0 N–H and O–H groups in total. The summed E-state index contributed by atoms with van der Waals surface area (Å²) >= 11 is 3.41. The molecular formula is C20H17BrO5. The Hall–Kier alpha value is -2.47. The van der Waals surface area contributed by atoms with Crippen LogP contribution in [0.25, 0.3) is 6.08 Å². The van der Waals surface area contributed by atoms with E-state index < -0.39 is 0 Å². The van der Waals surface area contributed by atoms with Crippen molar-refractivity contribution in [1.82, 2.24) is 0 Å². The molecule has 0 aromatic heterocycles. The van der Waals surface area contributed by atoms with Gasteiger partial charge in [-0.1, -0.05) is 15.9 Å². The number of hydrogen-bond acceptors (Lipinski definition) is 5. The number of methoxy groups -OCH3 is 1. The topological polar surface area (TPSA) is 54.0 Å². The highest BCUT2D eigenvalue weighted by Gasteiger charge is 2.23. The van der Waals surface area contributed by atoms with Crippen molar-refractivity contribution in [1.29, 1.82) is 0 Å². The molecule has 0 saturated heterocycles. The van der Waals surface area contributed by atoms with Crippen LogP contribution >= 0.6 is 15.9 Å². The van der Waals surface area contributed by atoms with Crippen LogP contribution in [-0.4, -0.2) is 32.7 Å². The van der Waals surface area contributed by atoms with Crippen LogP contribution in [-0.2, 0) is 0 Å². The van der Waals surface area contributed by atoms with Crippen molar-refractivity contribution >= 4 is 27.8 Å². The summed E-state index contributed by atoms with van der Waals surface area (Å²) in [6, 6.07) is 9.16. The lowest BCUT2D eigenvalue weighted by Crippen LogP contribution is -2.16. The minimum absolute atomic E-state index is 0.0288. The van der Waals surface area contributed by atoms with E-state index in [0.29, 0.717) is 60.4 Å². The van der Waals surface area contributed by atoms with E-state index in [2.05, 4.69) is 15.9 Å². The van der Waals surface area contributed by atoms with Crippen molar-refractivity contribution in [3.05, 3.63) is 51.5 Å². The molecule has 0 spiro atoms. The highest BCUT2D eigenvalue weighted by Crippen LogP contribution is 2.41. The third kappa shape index (κ3) is 3.17. The number of hydrogen-bond donors (Lipinski definition) is 0.